The Bertz CT molecular complexity index is 759. The van der Waals surface area contributed by atoms with E-state index >= 15 is 0 Å². The van der Waals surface area contributed by atoms with Crippen molar-refractivity contribution in [3.8, 4) is 11.1 Å². The lowest BCUT2D eigenvalue weighted by Crippen LogP contribution is -2.07. The van der Waals surface area contributed by atoms with E-state index in [1.54, 1.807) is 5.56 Å². The van der Waals surface area contributed by atoms with Gasteiger partial charge in [0.1, 0.15) is 0 Å². The molecule has 0 saturated carbocycles. The predicted molar refractivity (Wildman–Crippen MR) is 90.3 cm³/mol. The lowest BCUT2D eigenvalue weighted by molar-refractivity contribution is 0.572. The minimum Gasteiger partial charge on any atom is -0.0801 e. The molecule has 0 fully saturated rings. The van der Waals surface area contributed by atoms with Crippen molar-refractivity contribution in [1.29, 1.82) is 0 Å². The summed E-state index contributed by atoms with van der Waals surface area (Å²) in [5.74, 6) is 1.14. The van der Waals surface area contributed by atoms with Gasteiger partial charge in [-0.25, -0.2) is 0 Å². The fourth-order valence-corrected chi connectivity index (χ4v) is 3.92. The topological polar surface area (TPSA) is 0 Å². The van der Waals surface area contributed by atoms with E-state index in [9.17, 15) is 0 Å². The molecule has 104 valence electrons. The Morgan fingerprint density at radius 2 is 1.67 bits per heavy atom. The Labute approximate surface area is 126 Å². The van der Waals surface area contributed by atoms with Crippen LogP contribution in [0.2, 0.25) is 0 Å². The minimum absolute atomic E-state index is 0.522. The van der Waals surface area contributed by atoms with Crippen LogP contribution in [0.3, 0.4) is 0 Å². The van der Waals surface area contributed by atoms with Crippen molar-refractivity contribution in [1.82, 2.24) is 0 Å². The fraction of sp³-hybridized carbons (Fsp3) is 0.238. The van der Waals surface area contributed by atoms with Gasteiger partial charge in [-0.05, 0) is 45.7 Å². The number of allylic oxidation sites excluding steroid dienone is 4. The first-order chi connectivity index (χ1) is 10.3. The number of hydrogen-bond acceptors (Lipinski definition) is 0. The highest BCUT2D eigenvalue weighted by Crippen LogP contribution is 2.50. The lowest BCUT2D eigenvalue weighted by atomic mass is 9.82. The Hall–Kier alpha value is -2.08. The summed E-state index contributed by atoms with van der Waals surface area (Å²) >= 11 is 0. The van der Waals surface area contributed by atoms with E-state index < -0.39 is 0 Å². The molecule has 0 bridgehead atoms. The van der Waals surface area contributed by atoms with Gasteiger partial charge in [-0.1, -0.05) is 74.5 Å². The molecule has 0 aromatic heterocycles. The Kier molecular flexibility index (Phi) is 2.85. The number of rotatable bonds is 2. The first-order valence-electron chi connectivity index (χ1n) is 7.85. The van der Waals surface area contributed by atoms with Gasteiger partial charge < -0.3 is 0 Å². The van der Waals surface area contributed by atoms with Gasteiger partial charge in [0.2, 0.25) is 0 Å². The van der Waals surface area contributed by atoms with Crippen LogP contribution in [0.1, 0.15) is 42.9 Å². The fourth-order valence-electron chi connectivity index (χ4n) is 3.92. The molecule has 0 radical (unpaired) electrons. The van der Waals surface area contributed by atoms with Gasteiger partial charge in [0.25, 0.3) is 0 Å². The van der Waals surface area contributed by atoms with Gasteiger partial charge in [0.05, 0.1) is 0 Å². The molecule has 2 aliphatic carbocycles. The van der Waals surface area contributed by atoms with E-state index in [0.717, 1.165) is 6.42 Å². The number of benzene rings is 2. The zero-order valence-electron chi connectivity index (χ0n) is 12.6. The molecule has 2 aromatic rings. The van der Waals surface area contributed by atoms with Crippen LogP contribution < -0.4 is 0 Å². The highest BCUT2D eigenvalue weighted by atomic mass is 14.4. The molecule has 21 heavy (non-hydrogen) atoms. The van der Waals surface area contributed by atoms with Crippen molar-refractivity contribution in [3.05, 3.63) is 77.4 Å². The molecule has 0 heterocycles. The Balaban J connectivity index is 1.98. The van der Waals surface area contributed by atoms with E-state index in [1.165, 1.54) is 27.8 Å². The van der Waals surface area contributed by atoms with E-state index in [4.69, 9.17) is 0 Å². The molecule has 2 aliphatic rings. The Morgan fingerprint density at radius 3 is 2.43 bits per heavy atom. The monoisotopic (exact) mass is 272 g/mol. The molecule has 4 rings (SSSR count). The van der Waals surface area contributed by atoms with Gasteiger partial charge in [-0.15, -0.1) is 0 Å². The third kappa shape index (κ3) is 1.82. The molecule has 0 spiro atoms. The second kappa shape index (κ2) is 4.73. The van der Waals surface area contributed by atoms with Crippen molar-refractivity contribution < 1.29 is 0 Å². The summed E-state index contributed by atoms with van der Waals surface area (Å²) in [7, 11) is 0. The van der Waals surface area contributed by atoms with Crippen LogP contribution >= 0.6 is 0 Å². The van der Waals surface area contributed by atoms with E-state index in [1.807, 2.05) is 0 Å². The summed E-state index contributed by atoms with van der Waals surface area (Å²) in [6.45, 7) is 4.68. The average Bonchev–Trinajstić information content (AvgIpc) is 3.12. The van der Waals surface area contributed by atoms with Crippen molar-refractivity contribution in [2.75, 3.05) is 0 Å². The van der Waals surface area contributed by atoms with Crippen molar-refractivity contribution in [3.63, 3.8) is 0 Å². The SMILES string of the molecule is CC(C)C1c2ccccc2-c2cccc(C3=CC=CC3)c21. The van der Waals surface area contributed by atoms with Crippen LogP contribution in [0.25, 0.3) is 16.7 Å². The zero-order valence-corrected chi connectivity index (χ0v) is 12.6. The summed E-state index contributed by atoms with van der Waals surface area (Å²) in [6, 6.07) is 15.7. The highest BCUT2D eigenvalue weighted by molar-refractivity contribution is 5.86. The van der Waals surface area contributed by atoms with Gasteiger partial charge in [0.15, 0.2) is 0 Å². The van der Waals surface area contributed by atoms with Crippen LogP contribution in [-0.2, 0) is 0 Å². The molecule has 0 N–H and O–H groups in total. The van der Waals surface area contributed by atoms with Gasteiger partial charge in [0, 0.05) is 5.92 Å². The maximum atomic E-state index is 2.34. The van der Waals surface area contributed by atoms with Gasteiger partial charge in [-0.3, -0.25) is 0 Å². The molecular formula is C21H20. The number of fused-ring (bicyclic) bond motifs is 3. The van der Waals surface area contributed by atoms with Crippen molar-refractivity contribution in [2.45, 2.75) is 26.2 Å². The smallest absolute Gasteiger partial charge is 0.0131 e. The summed E-state index contributed by atoms with van der Waals surface area (Å²) in [6.07, 6.45) is 7.77. The van der Waals surface area contributed by atoms with E-state index in [-0.39, 0.29) is 0 Å². The van der Waals surface area contributed by atoms with E-state index in [0.29, 0.717) is 11.8 Å². The second-order valence-corrected chi connectivity index (χ2v) is 6.40. The molecule has 1 unspecified atom stereocenters. The van der Waals surface area contributed by atoms with Crippen molar-refractivity contribution in [2.24, 2.45) is 5.92 Å². The summed E-state index contributed by atoms with van der Waals surface area (Å²) in [5.41, 5.74) is 8.83. The van der Waals surface area contributed by atoms with Gasteiger partial charge in [-0.2, -0.15) is 0 Å². The van der Waals surface area contributed by atoms with Crippen LogP contribution in [0, 0.1) is 5.92 Å². The molecule has 1 atom stereocenters. The van der Waals surface area contributed by atoms with E-state index in [2.05, 4.69) is 74.5 Å². The minimum atomic E-state index is 0.522. The predicted octanol–water partition coefficient (Wildman–Crippen LogP) is 5.80. The van der Waals surface area contributed by atoms with Crippen LogP contribution in [0.5, 0.6) is 0 Å². The lowest BCUT2D eigenvalue weighted by Gasteiger charge is -2.21. The summed E-state index contributed by atoms with van der Waals surface area (Å²) < 4.78 is 0. The van der Waals surface area contributed by atoms with Crippen molar-refractivity contribution >= 4 is 5.57 Å². The standard InChI is InChI=1S/C21H20/c1-14(2)20-18-11-6-5-10-17(18)19-13-7-12-16(21(19)20)15-8-3-4-9-15/h3-8,10-14,20H,9H2,1-2H3. The highest BCUT2D eigenvalue weighted by Gasteiger charge is 2.32. The molecule has 0 nitrogen and oxygen atoms in total. The van der Waals surface area contributed by atoms with Gasteiger partial charge >= 0.3 is 0 Å². The first kappa shape index (κ1) is 12.6. The molecule has 0 amide bonds. The zero-order chi connectivity index (χ0) is 14.4. The molecule has 2 aromatic carbocycles. The Morgan fingerprint density at radius 1 is 0.905 bits per heavy atom. The van der Waals surface area contributed by atoms with Crippen LogP contribution in [0.4, 0.5) is 0 Å². The maximum Gasteiger partial charge on any atom is 0.0131 e. The number of hydrogen-bond donors (Lipinski definition) is 0. The summed E-state index contributed by atoms with van der Waals surface area (Å²) in [5, 5.41) is 0. The molecule has 0 aliphatic heterocycles. The first-order valence-corrected chi connectivity index (χ1v) is 7.85. The third-order valence-electron chi connectivity index (χ3n) is 4.79. The second-order valence-electron chi connectivity index (χ2n) is 6.40. The largest absolute Gasteiger partial charge is 0.0801 e. The molecular weight excluding hydrogens is 252 g/mol. The quantitative estimate of drug-likeness (QED) is 0.648. The van der Waals surface area contributed by atoms with Crippen LogP contribution in [0.15, 0.2) is 60.7 Å². The maximum absolute atomic E-state index is 2.34. The van der Waals surface area contributed by atoms with Crippen LogP contribution in [-0.4, -0.2) is 0 Å². The molecule has 0 heteroatoms. The molecule has 0 saturated heterocycles. The third-order valence-corrected chi connectivity index (χ3v) is 4.79. The normalized spacial score (nSPS) is 18.8. The summed E-state index contributed by atoms with van der Waals surface area (Å²) in [4.78, 5) is 0. The average molecular weight is 272 g/mol.